The number of aromatic nitrogens is 6. The Hall–Kier alpha value is -5.11. The van der Waals surface area contributed by atoms with Gasteiger partial charge < -0.3 is 24.4 Å². The van der Waals surface area contributed by atoms with Crippen LogP contribution in [0.1, 0.15) is 24.4 Å². The van der Waals surface area contributed by atoms with Gasteiger partial charge in [-0.25, -0.2) is 10.8 Å². The van der Waals surface area contributed by atoms with Crippen molar-refractivity contribution in [3.8, 4) is 34.0 Å². The molecule has 0 aliphatic heterocycles. The Morgan fingerprint density at radius 2 is 1.37 bits per heavy atom. The first kappa shape index (κ1) is 42.1. The van der Waals surface area contributed by atoms with E-state index in [9.17, 15) is 31.1 Å². The lowest BCUT2D eigenvalue weighted by Gasteiger charge is -2.11. The van der Waals surface area contributed by atoms with E-state index in [1.165, 1.54) is 55.9 Å². The van der Waals surface area contributed by atoms with Crippen molar-refractivity contribution >= 4 is 28.3 Å². The Morgan fingerprint density at radius 3 is 1.78 bits per heavy atom. The Bertz CT molecular complexity index is 1880. The molecule has 3 N–H and O–H groups in total. The van der Waals surface area contributed by atoms with E-state index in [0.29, 0.717) is 50.9 Å². The van der Waals surface area contributed by atoms with Crippen molar-refractivity contribution in [3.63, 3.8) is 0 Å². The summed E-state index contributed by atoms with van der Waals surface area (Å²) in [5.41, 5.74) is 6.54. The fourth-order valence-electron chi connectivity index (χ4n) is 4.11. The van der Waals surface area contributed by atoms with Gasteiger partial charge in [-0.3, -0.25) is 19.2 Å². The average molecular weight is 747 g/mol. The van der Waals surface area contributed by atoms with Crippen molar-refractivity contribution in [2.75, 3.05) is 26.3 Å². The summed E-state index contributed by atoms with van der Waals surface area (Å²) >= 11 is 4.81. The number of ether oxygens (including phenoxy) is 4. The van der Waals surface area contributed by atoms with Gasteiger partial charge in [0.2, 0.25) is 5.24 Å². The molecule has 0 aliphatic rings. The van der Waals surface area contributed by atoms with E-state index in [1.54, 1.807) is 37.8 Å². The van der Waals surface area contributed by atoms with Crippen molar-refractivity contribution in [3.05, 3.63) is 78.1 Å². The molecule has 276 valence electrons. The number of hydrogen-bond acceptors (Lipinski definition) is 12. The summed E-state index contributed by atoms with van der Waals surface area (Å²) in [6.45, 7) is 3.63. The van der Waals surface area contributed by atoms with Crippen LogP contribution >= 0.6 is 11.6 Å². The van der Waals surface area contributed by atoms with E-state index in [-0.39, 0.29) is 32.1 Å². The lowest BCUT2D eigenvalue weighted by Crippen LogP contribution is -2.17. The smallest absolute Gasteiger partial charge is 0.406 e. The van der Waals surface area contributed by atoms with Gasteiger partial charge in [-0.2, -0.15) is 0 Å². The molecule has 0 aliphatic carbocycles. The first-order valence-corrected chi connectivity index (χ1v) is 14.3. The van der Waals surface area contributed by atoms with Crippen molar-refractivity contribution in [2.24, 2.45) is 5.84 Å². The van der Waals surface area contributed by atoms with Crippen LogP contribution in [-0.2, 0) is 20.9 Å². The van der Waals surface area contributed by atoms with Crippen LogP contribution in [0.25, 0.3) is 28.2 Å². The molecule has 13 nitrogen and oxygen atoms in total. The molecule has 3 heterocycles. The molecule has 0 spiro atoms. The molecule has 0 saturated carbocycles. The number of fused-ring (bicyclic) bond motifs is 1. The van der Waals surface area contributed by atoms with Crippen molar-refractivity contribution in [2.45, 2.75) is 40.6 Å². The van der Waals surface area contributed by atoms with Gasteiger partial charge in [0.1, 0.15) is 24.7 Å². The fraction of sp³-hybridized carbons (Fsp3) is 0.290. The van der Waals surface area contributed by atoms with E-state index in [2.05, 4.69) is 44.8 Å². The number of nitrogens with two attached hydrogens (primary N) is 1. The first-order valence-electron chi connectivity index (χ1n) is 13.9. The minimum atomic E-state index is -4.72. The normalized spacial score (nSPS) is 11.0. The highest BCUT2D eigenvalue weighted by Gasteiger charge is 2.32. The zero-order valence-corrected chi connectivity index (χ0v) is 27.4. The number of hydrazine groups is 1. The Kier molecular flexibility index (Phi) is 15.5. The highest BCUT2D eigenvalue weighted by atomic mass is 35.5. The summed E-state index contributed by atoms with van der Waals surface area (Å²) in [4.78, 5) is 22.1. The zero-order valence-electron chi connectivity index (χ0n) is 26.6. The van der Waals surface area contributed by atoms with E-state index in [4.69, 9.17) is 22.2 Å². The summed E-state index contributed by atoms with van der Waals surface area (Å²) in [5.74, 6) is 5.63. The number of carbonyl (C=O) groups excluding carboxylic acids is 1. The number of rotatable bonds is 9. The van der Waals surface area contributed by atoms with Crippen molar-refractivity contribution in [1.82, 2.24) is 29.5 Å². The zero-order chi connectivity index (χ0) is 37.1. The Morgan fingerprint density at radius 1 is 0.824 bits per heavy atom. The molecule has 5 aromatic rings. The van der Waals surface area contributed by atoms with Crippen LogP contribution in [0.15, 0.2) is 61.2 Å². The van der Waals surface area contributed by atoms with Crippen LogP contribution < -0.4 is 20.7 Å². The molecular weight excluding hydrogens is 714 g/mol. The number of aryl methyl sites for hydroxylation is 2. The molecule has 5 rings (SSSR count). The Balaban J connectivity index is 0.000000304. The monoisotopic (exact) mass is 746 g/mol. The third-order valence-corrected chi connectivity index (χ3v) is 6.22. The first-order chi connectivity index (χ1) is 23.5. The van der Waals surface area contributed by atoms with Crippen LogP contribution in [0.4, 0.5) is 32.2 Å². The molecule has 0 saturated heterocycles. The fourth-order valence-corrected chi connectivity index (χ4v) is 4.22. The maximum atomic E-state index is 12.3. The van der Waals surface area contributed by atoms with E-state index >= 15 is 0 Å². The van der Waals surface area contributed by atoms with E-state index in [0.717, 1.165) is 0 Å². The quantitative estimate of drug-likeness (QED) is 0.0703. The van der Waals surface area contributed by atoms with Gasteiger partial charge in [-0.05, 0) is 73.0 Å². The number of nitrogens with zero attached hydrogens (tertiary/aromatic N) is 6. The molecule has 20 heteroatoms. The van der Waals surface area contributed by atoms with Crippen LogP contribution in [0, 0.1) is 13.8 Å². The predicted octanol–water partition coefficient (Wildman–Crippen LogP) is 6.82. The van der Waals surface area contributed by atoms with Gasteiger partial charge in [0.25, 0.3) is 0 Å². The van der Waals surface area contributed by atoms with Gasteiger partial charge >= 0.3 is 12.7 Å². The molecule has 3 aromatic heterocycles. The molecular formula is C31H33ClF6N8O5. The maximum Gasteiger partial charge on any atom is 0.573 e. The molecule has 2 aromatic carbocycles. The number of methoxy groups -OCH3 is 2. The second-order valence-corrected chi connectivity index (χ2v) is 10.2. The Labute approximate surface area is 292 Å². The summed E-state index contributed by atoms with van der Waals surface area (Å²) in [7, 11) is 2.97. The standard InChI is InChI=1S/C15H13F3N4O2.C12H11F3N4O.C3H5ClO2.CH4/c1-9-5-10(24-15(16,17)18)3-4-11(9)12-7-22-13(6-19-12)20-21-14(22)8-23-2;1-7-4-8(20-12(13,14)15)2-3-9(7)10-5-18-11(19-16)6-17-10;1-6-2-3(4)5;/h3-7H,8H2,1-2H3;2-6H,16H2,1H3,(H,18,19);2H2,1H3;1H4. The topological polar surface area (TPSA) is 161 Å². The van der Waals surface area contributed by atoms with Crippen LogP contribution in [0.2, 0.25) is 0 Å². The predicted molar refractivity (Wildman–Crippen MR) is 175 cm³/mol. The number of carbonyl (C=O) groups is 1. The number of nitrogen functional groups attached to an aromatic ring is 1. The number of hydrogen-bond donors (Lipinski definition) is 2. The summed E-state index contributed by atoms with van der Waals surface area (Å²) < 4.78 is 92.1. The summed E-state index contributed by atoms with van der Waals surface area (Å²) in [6, 6.07) is 8.12. The largest absolute Gasteiger partial charge is 0.573 e. The van der Waals surface area contributed by atoms with Crippen LogP contribution in [0.3, 0.4) is 0 Å². The number of halogens is 7. The lowest BCUT2D eigenvalue weighted by molar-refractivity contribution is -0.275. The average Bonchev–Trinajstić information content (AvgIpc) is 3.42. The SMILES string of the molecule is C.COCC(=O)Cl.COCc1nnc2cnc(-c3ccc(OC(F)(F)F)cc3C)cn12.Cc1cc(OC(F)(F)F)ccc1-c1cnc(NN)cn1. The lowest BCUT2D eigenvalue weighted by atomic mass is 10.1. The second kappa shape index (κ2) is 18.8. The maximum absolute atomic E-state index is 12.3. The minimum Gasteiger partial charge on any atom is -0.406 e. The molecule has 0 atom stereocenters. The molecule has 0 radical (unpaired) electrons. The summed E-state index contributed by atoms with van der Waals surface area (Å²) in [6.07, 6.45) is -3.26. The van der Waals surface area contributed by atoms with Gasteiger partial charge in [0.15, 0.2) is 17.3 Å². The van der Waals surface area contributed by atoms with Crippen molar-refractivity contribution in [1.29, 1.82) is 0 Å². The van der Waals surface area contributed by atoms with Crippen LogP contribution in [-0.4, -0.2) is 68.3 Å². The molecule has 0 unspecified atom stereocenters. The van der Waals surface area contributed by atoms with Gasteiger partial charge in [0, 0.05) is 31.5 Å². The second-order valence-electron chi connectivity index (χ2n) is 9.82. The van der Waals surface area contributed by atoms with Gasteiger partial charge in [-0.1, -0.05) is 7.43 Å². The minimum absolute atomic E-state index is 0. The number of alkyl halides is 6. The molecule has 0 amide bonds. The third-order valence-electron chi connectivity index (χ3n) is 6.11. The van der Waals surface area contributed by atoms with Gasteiger partial charge in [0.05, 0.1) is 30.0 Å². The third kappa shape index (κ3) is 13.3. The summed E-state index contributed by atoms with van der Waals surface area (Å²) in [5, 5.41) is 7.51. The van der Waals surface area contributed by atoms with Crippen molar-refractivity contribution < 1.29 is 50.1 Å². The highest BCUT2D eigenvalue weighted by Crippen LogP contribution is 2.30. The van der Waals surface area contributed by atoms with E-state index < -0.39 is 18.0 Å². The molecule has 0 fully saturated rings. The number of anilines is 1. The van der Waals surface area contributed by atoms with Crippen LogP contribution in [0.5, 0.6) is 11.5 Å². The van der Waals surface area contributed by atoms with E-state index in [1.807, 2.05) is 0 Å². The number of benzene rings is 2. The highest BCUT2D eigenvalue weighted by molar-refractivity contribution is 6.63. The molecule has 51 heavy (non-hydrogen) atoms. The number of nitrogens with one attached hydrogen (secondary N) is 1. The van der Waals surface area contributed by atoms with Gasteiger partial charge in [-0.15, -0.1) is 36.5 Å². The molecule has 0 bridgehead atoms.